The summed E-state index contributed by atoms with van der Waals surface area (Å²) in [4.78, 5) is 30.2. The Kier molecular flexibility index (Phi) is 6.27. The average molecular weight is 429 g/mol. The summed E-state index contributed by atoms with van der Waals surface area (Å²) in [5, 5.41) is 2.08. The first-order chi connectivity index (χ1) is 14.5. The second-order valence-electron chi connectivity index (χ2n) is 7.98. The molecule has 2 heterocycles. The van der Waals surface area contributed by atoms with E-state index in [2.05, 4.69) is 11.4 Å². The van der Waals surface area contributed by atoms with E-state index in [-0.39, 0.29) is 24.4 Å². The molecule has 1 aliphatic heterocycles. The van der Waals surface area contributed by atoms with Gasteiger partial charge in [-0.3, -0.25) is 9.59 Å². The molecule has 0 radical (unpaired) electrons. The molecule has 1 aromatic carbocycles. The molecule has 0 N–H and O–H groups in total. The molecule has 0 spiro atoms. The van der Waals surface area contributed by atoms with Gasteiger partial charge in [-0.1, -0.05) is 6.07 Å². The first-order valence-corrected chi connectivity index (χ1v) is 11.3. The van der Waals surface area contributed by atoms with Gasteiger partial charge in [-0.2, -0.15) is 0 Å². The molecule has 4 rings (SSSR count). The van der Waals surface area contributed by atoms with Crippen LogP contribution >= 0.6 is 11.3 Å². The summed E-state index contributed by atoms with van der Waals surface area (Å²) in [5.41, 5.74) is 1.15. The largest absolute Gasteiger partial charge is 0.497 e. The third-order valence-corrected chi connectivity index (χ3v) is 6.81. The number of carbonyl (C=O) groups excluding carboxylic acids is 2. The van der Waals surface area contributed by atoms with Crippen LogP contribution in [0.25, 0.3) is 0 Å². The third kappa shape index (κ3) is 4.78. The molecule has 2 aliphatic rings. The number of ether oxygens (including phenoxy) is 2. The first-order valence-electron chi connectivity index (χ1n) is 10.4. The molecule has 6 nitrogen and oxygen atoms in total. The van der Waals surface area contributed by atoms with E-state index in [0.29, 0.717) is 31.4 Å². The maximum Gasteiger partial charge on any atom is 0.242 e. The molecular weight excluding hydrogens is 400 g/mol. The highest BCUT2D eigenvalue weighted by Gasteiger charge is 2.34. The van der Waals surface area contributed by atoms with Gasteiger partial charge >= 0.3 is 0 Å². The van der Waals surface area contributed by atoms with Crippen molar-refractivity contribution in [3.8, 4) is 11.5 Å². The molecule has 0 unspecified atom stereocenters. The van der Waals surface area contributed by atoms with E-state index in [1.807, 2.05) is 29.2 Å². The molecule has 160 valence electrons. The van der Waals surface area contributed by atoms with Crippen molar-refractivity contribution in [3.05, 3.63) is 46.2 Å². The van der Waals surface area contributed by atoms with Gasteiger partial charge in [0.2, 0.25) is 11.8 Å². The zero-order valence-corrected chi connectivity index (χ0v) is 18.3. The van der Waals surface area contributed by atoms with Gasteiger partial charge in [0.25, 0.3) is 0 Å². The van der Waals surface area contributed by atoms with Crippen LogP contribution in [0.3, 0.4) is 0 Å². The van der Waals surface area contributed by atoms with Gasteiger partial charge in [0.05, 0.1) is 19.7 Å². The van der Waals surface area contributed by atoms with Crippen LogP contribution in [0, 0.1) is 5.92 Å². The first kappa shape index (κ1) is 20.7. The van der Waals surface area contributed by atoms with Crippen LogP contribution in [0.5, 0.6) is 11.5 Å². The summed E-state index contributed by atoms with van der Waals surface area (Å²) in [5.74, 6) is 1.95. The predicted molar refractivity (Wildman–Crippen MR) is 116 cm³/mol. The Bertz CT molecular complexity index is 908. The molecule has 1 aliphatic carbocycles. The molecule has 2 amide bonds. The zero-order valence-electron chi connectivity index (χ0n) is 17.5. The van der Waals surface area contributed by atoms with Crippen molar-refractivity contribution in [2.45, 2.75) is 32.2 Å². The van der Waals surface area contributed by atoms with Crippen LogP contribution in [-0.2, 0) is 16.0 Å². The highest BCUT2D eigenvalue weighted by molar-refractivity contribution is 7.10. The number of rotatable bonds is 8. The van der Waals surface area contributed by atoms with Crippen molar-refractivity contribution in [1.29, 1.82) is 0 Å². The molecule has 1 fully saturated rings. The van der Waals surface area contributed by atoms with E-state index in [1.54, 1.807) is 30.3 Å². The van der Waals surface area contributed by atoms with Crippen molar-refractivity contribution in [2.24, 2.45) is 5.92 Å². The lowest BCUT2D eigenvalue weighted by molar-refractivity contribution is -0.142. The third-order valence-electron chi connectivity index (χ3n) is 5.81. The fraction of sp³-hybridized carbons (Fsp3) is 0.478. The number of benzene rings is 1. The zero-order chi connectivity index (χ0) is 21.1. The molecule has 2 aromatic rings. The van der Waals surface area contributed by atoms with Gasteiger partial charge in [0, 0.05) is 31.0 Å². The van der Waals surface area contributed by atoms with Gasteiger partial charge in [0.15, 0.2) is 0 Å². The summed E-state index contributed by atoms with van der Waals surface area (Å²) in [6, 6.07) is 9.42. The SMILES string of the molecule is COc1cccc(OC[C@@H]2c3ccsc3CCN2C(=O)CN(CC2CC2)C(C)=O)c1. The second kappa shape index (κ2) is 9.08. The number of thiophene rings is 1. The second-order valence-corrected chi connectivity index (χ2v) is 8.99. The average Bonchev–Trinajstić information content (AvgIpc) is 3.44. The fourth-order valence-electron chi connectivity index (χ4n) is 3.91. The molecule has 30 heavy (non-hydrogen) atoms. The number of amides is 2. The Morgan fingerprint density at radius 3 is 2.77 bits per heavy atom. The van der Waals surface area contributed by atoms with Crippen LogP contribution in [-0.4, -0.2) is 55.0 Å². The van der Waals surface area contributed by atoms with Crippen molar-refractivity contribution in [2.75, 3.05) is 33.4 Å². The maximum absolute atomic E-state index is 13.2. The van der Waals surface area contributed by atoms with E-state index in [0.717, 1.165) is 30.6 Å². The van der Waals surface area contributed by atoms with Gasteiger partial charge < -0.3 is 19.3 Å². The molecule has 7 heteroatoms. The number of nitrogens with zero attached hydrogens (tertiary/aromatic N) is 2. The van der Waals surface area contributed by atoms with E-state index < -0.39 is 0 Å². The number of methoxy groups -OCH3 is 1. The minimum Gasteiger partial charge on any atom is -0.497 e. The van der Waals surface area contributed by atoms with Crippen molar-refractivity contribution in [1.82, 2.24) is 9.80 Å². The molecule has 1 saturated carbocycles. The number of fused-ring (bicyclic) bond motifs is 1. The predicted octanol–water partition coefficient (Wildman–Crippen LogP) is 3.52. The lowest BCUT2D eigenvalue weighted by Gasteiger charge is -2.37. The van der Waals surface area contributed by atoms with Crippen molar-refractivity contribution >= 4 is 23.2 Å². The summed E-state index contributed by atoms with van der Waals surface area (Å²) in [6.45, 7) is 3.38. The van der Waals surface area contributed by atoms with Crippen LogP contribution in [0.2, 0.25) is 0 Å². The Morgan fingerprint density at radius 2 is 2.03 bits per heavy atom. The summed E-state index contributed by atoms with van der Waals surface area (Å²) < 4.78 is 11.3. The monoisotopic (exact) mass is 428 g/mol. The topological polar surface area (TPSA) is 59.1 Å². The Labute approximate surface area is 181 Å². The Balaban J connectivity index is 1.48. The minimum atomic E-state index is -0.159. The number of carbonyl (C=O) groups is 2. The normalized spacial score (nSPS) is 17.9. The standard InChI is InChI=1S/C23H28N2O4S/c1-16(26)24(13-17-6-7-17)14-23(27)25-10-8-22-20(9-11-30-22)21(25)15-29-19-5-3-4-18(12-19)28-2/h3-5,9,11-12,17,21H,6-8,10,13-15H2,1-2H3/t21-/m1/s1. The molecule has 0 saturated heterocycles. The quantitative estimate of drug-likeness (QED) is 0.646. The van der Waals surface area contributed by atoms with Gasteiger partial charge in [0.1, 0.15) is 18.1 Å². The van der Waals surface area contributed by atoms with Gasteiger partial charge in [-0.15, -0.1) is 11.3 Å². The lowest BCUT2D eigenvalue weighted by atomic mass is 10.0. The summed E-state index contributed by atoms with van der Waals surface area (Å²) in [6.07, 6.45) is 3.14. The van der Waals surface area contributed by atoms with E-state index >= 15 is 0 Å². The van der Waals surface area contributed by atoms with Crippen molar-refractivity contribution in [3.63, 3.8) is 0 Å². The van der Waals surface area contributed by atoms with Crippen molar-refractivity contribution < 1.29 is 19.1 Å². The minimum absolute atomic E-state index is 0.0121. The summed E-state index contributed by atoms with van der Waals surface area (Å²) >= 11 is 1.73. The van der Waals surface area contributed by atoms with Gasteiger partial charge in [-0.05, 0) is 54.3 Å². The molecular formula is C23H28N2O4S. The highest BCUT2D eigenvalue weighted by Crippen LogP contribution is 2.35. The van der Waals surface area contributed by atoms with Crippen LogP contribution in [0.4, 0.5) is 0 Å². The Hall–Kier alpha value is -2.54. The van der Waals surface area contributed by atoms with E-state index in [4.69, 9.17) is 9.47 Å². The number of hydrogen-bond donors (Lipinski definition) is 0. The van der Waals surface area contributed by atoms with Crippen LogP contribution in [0.15, 0.2) is 35.7 Å². The molecule has 1 atom stereocenters. The maximum atomic E-state index is 13.2. The van der Waals surface area contributed by atoms with Crippen LogP contribution in [0.1, 0.15) is 36.2 Å². The molecule has 0 bridgehead atoms. The van der Waals surface area contributed by atoms with Crippen LogP contribution < -0.4 is 9.47 Å². The van der Waals surface area contributed by atoms with E-state index in [9.17, 15) is 9.59 Å². The van der Waals surface area contributed by atoms with E-state index in [1.165, 1.54) is 4.88 Å². The lowest BCUT2D eigenvalue weighted by Crippen LogP contribution is -2.47. The molecule has 1 aromatic heterocycles. The Morgan fingerprint density at radius 1 is 1.23 bits per heavy atom. The summed E-state index contributed by atoms with van der Waals surface area (Å²) in [7, 11) is 1.63. The van der Waals surface area contributed by atoms with Gasteiger partial charge in [-0.25, -0.2) is 0 Å². The number of hydrogen-bond acceptors (Lipinski definition) is 5. The highest BCUT2D eigenvalue weighted by atomic mass is 32.1. The smallest absolute Gasteiger partial charge is 0.242 e. The fourth-order valence-corrected chi connectivity index (χ4v) is 4.84.